The monoisotopic (exact) mass is 294 g/mol. The number of benzene rings is 2. The van der Waals surface area contributed by atoms with E-state index in [1.54, 1.807) is 0 Å². The van der Waals surface area contributed by atoms with E-state index < -0.39 is 6.04 Å². The van der Waals surface area contributed by atoms with Crippen LogP contribution in [-0.4, -0.2) is 21.3 Å². The van der Waals surface area contributed by atoms with Gasteiger partial charge in [-0.2, -0.15) is 0 Å². The zero-order chi connectivity index (χ0) is 15.7. The molecule has 3 rings (SSSR count). The first-order valence-corrected chi connectivity index (χ1v) is 7.25. The van der Waals surface area contributed by atoms with Crippen molar-refractivity contribution in [2.45, 2.75) is 19.9 Å². The average Bonchev–Trinajstić information content (AvgIpc) is 2.52. The van der Waals surface area contributed by atoms with E-state index in [4.69, 9.17) is 0 Å². The van der Waals surface area contributed by atoms with E-state index in [9.17, 15) is 9.90 Å². The van der Waals surface area contributed by atoms with Crippen molar-refractivity contribution in [2.24, 2.45) is 0 Å². The molecular formula is C18H18N2O2. The average molecular weight is 294 g/mol. The van der Waals surface area contributed by atoms with E-state index in [2.05, 4.69) is 4.98 Å². The van der Waals surface area contributed by atoms with Crippen LogP contribution in [0.2, 0.25) is 0 Å². The maximum Gasteiger partial charge on any atom is 0.261 e. The molecule has 4 nitrogen and oxygen atoms in total. The van der Waals surface area contributed by atoms with Crippen LogP contribution < -0.4 is 5.56 Å². The molecule has 0 fully saturated rings. The number of fused-ring (bicyclic) bond motifs is 1. The summed E-state index contributed by atoms with van der Waals surface area (Å²) in [6.45, 7) is 3.76. The molecule has 0 aliphatic heterocycles. The minimum atomic E-state index is -0.425. The molecular weight excluding hydrogens is 276 g/mol. The highest BCUT2D eigenvalue weighted by molar-refractivity contribution is 5.81. The lowest BCUT2D eigenvalue weighted by Gasteiger charge is -2.18. The van der Waals surface area contributed by atoms with Crippen LogP contribution in [0.1, 0.15) is 22.7 Å². The van der Waals surface area contributed by atoms with Gasteiger partial charge in [0.25, 0.3) is 5.56 Å². The molecule has 2 aromatic carbocycles. The number of rotatable bonds is 3. The summed E-state index contributed by atoms with van der Waals surface area (Å²) in [7, 11) is 0. The molecule has 4 heteroatoms. The Morgan fingerprint density at radius 3 is 2.59 bits per heavy atom. The first-order valence-electron chi connectivity index (χ1n) is 7.25. The highest BCUT2D eigenvalue weighted by Gasteiger charge is 2.16. The molecule has 0 radical (unpaired) electrons. The van der Waals surface area contributed by atoms with Gasteiger partial charge in [0.15, 0.2) is 0 Å². The number of hydrogen-bond acceptors (Lipinski definition) is 3. The summed E-state index contributed by atoms with van der Waals surface area (Å²) in [6, 6.07) is 12.9. The van der Waals surface area contributed by atoms with E-state index in [-0.39, 0.29) is 12.2 Å². The van der Waals surface area contributed by atoms with E-state index in [1.165, 1.54) is 10.9 Å². The van der Waals surface area contributed by atoms with Crippen molar-refractivity contribution in [3.63, 3.8) is 0 Å². The molecule has 0 amide bonds. The van der Waals surface area contributed by atoms with E-state index in [0.717, 1.165) is 22.2 Å². The van der Waals surface area contributed by atoms with Gasteiger partial charge < -0.3 is 5.11 Å². The third kappa shape index (κ3) is 2.42. The molecule has 1 N–H and O–H groups in total. The highest BCUT2D eigenvalue weighted by Crippen LogP contribution is 2.19. The van der Waals surface area contributed by atoms with Gasteiger partial charge >= 0.3 is 0 Å². The molecule has 1 unspecified atom stereocenters. The Balaban J connectivity index is 2.23. The zero-order valence-corrected chi connectivity index (χ0v) is 12.7. The second kappa shape index (κ2) is 5.73. The summed E-state index contributed by atoms with van der Waals surface area (Å²) in [5.41, 5.74) is 3.50. The Morgan fingerprint density at radius 1 is 1.18 bits per heavy atom. The third-order valence-corrected chi connectivity index (χ3v) is 3.91. The van der Waals surface area contributed by atoms with E-state index in [0.29, 0.717) is 5.39 Å². The molecule has 0 saturated heterocycles. The Bertz CT molecular complexity index is 869. The van der Waals surface area contributed by atoms with Crippen molar-refractivity contribution in [2.75, 3.05) is 6.61 Å². The fourth-order valence-electron chi connectivity index (χ4n) is 2.86. The Kier molecular flexibility index (Phi) is 3.77. The van der Waals surface area contributed by atoms with Gasteiger partial charge in [-0.25, -0.2) is 4.98 Å². The number of aromatic nitrogens is 2. The molecule has 0 aliphatic carbocycles. The number of aryl methyl sites for hydroxylation is 2. The topological polar surface area (TPSA) is 55.1 Å². The van der Waals surface area contributed by atoms with Crippen LogP contribution in [0, 0.1) is 13.8 Å². The number of aliphatic hydroxyl groups is 1. The predicted octanol–water partition coefficient (Wildman–Crippen LogP) is 2.60. The van der Waals surface area contributed by atoms with Gasteiger partial charge in [0.2, 0.25) is 0 Å². The maximum atomic E-state index is 12.8. The lowest BCUT2D eigenvalue weighted by Crippen LogP contribution is -2.28. The summed E-state index contributed by atoms with van der Waals surface area (Å²) < 4.78 is 1.51. The van der Waals surface area contributed by atoms with Crippen LogP contribution in [-0.2, 0) is 0 Å². The predicted molar refractivity (Wildman–Crippen MR) is 87.1 cm³/mol. The fraction of sp³-hybridized carbons (Fsp3) is 0.222. The first kappa shape index (κ1) is 14.5. The van der Waals surface area contributed by atoms with Crippen molar-refractivity contribution in [3.8, 4) is 0 Å². The molecule has 0 aliphatic rings. The molecule has 1 heterocycles. The molecule has 0 saturated carbocycles. The summed E-state index contributed by atoms with van der Waals surface area (Å²) >= 11 is 0. The van der Waals surface area contributed by atoms with Crippen molar-refractivity contribution in [1.29, 1.82) is 0 Å². The van der Waals surface area contributed by atoms with Crippen molar-refractivity contribution >= 4 is 10.9 Å². The van der Waals surface area contributed by atoms with Crippen LogP contribution in [0.15, 0.2) is 53.6 Å². The smallest absolute Gasteiger partial charge is 0.261 e. The van der Waals surface area contributed by atoms with Gasteiger partial charge in [-0.05, 0) is 36.6 Å². The fourth-order valence-corrected chi connectivity index (χ4v) is 2.86. The van der Waals surface area contributed by atoms with E-state index in [1.807, 2.05) is 56.3 Å². The molecule has 112 valence electrons. The maximum absolute atomic E-state index is 12.8. The van der Waals surface area contributed by atoms with Gasteiger partial charge in [0.05, 0.1) is 29.9 Å². The molecule has 0 bridgehead atoms. The van der Waals surface area contributed by atoms with Crippen LogP contribution in [0.3, 0.4) is 0 Å². The molecule has 1 atom stereocenters. The summed E-state index contributed by atoms with van der Waals surface area (Å²) in [6.07, 6.45) is 1.53. The number of aliphatic hydroxyl groups excluding tert-OH is 1. The quantitative estimate of drug-likeness (QED) is 0.808. The van der Waals surface area contributed by atoms with Crippen LogP contribution in [0.5, 0.6) is 0 Å². The minimum Gasteiger partial charge on any atom is -0.394 e. The largest absolute Gasteiger partial charge is 0.394 e. The summed E-state index contributed by atoms with van der Waals surface area (Å²) in [4.78, 5) is 17.2. The van der Waals surface area contributed by atoms with Crippen LogP contribution in [0.4, 0.5) is 0 Å². The molecule has 22 heavy (non-hydrogen) atoms. The highest BCUT2D eigenvalue weighted by atomic mass is 16.3. The SMILES string of the molecule is Cc1cc(C)c2ncn(C(CO)c3ccccc3)c(=O)c2c1. The van der Waals surface area contributed by atoms with Gasteiger partial charge in [-0.3, -0.25) is 9.36 Å². The van der Waals surface area contributed by atoms with Gasteiger partial charge in [0.1, 0.15) is 0 Å². The number of nitrogens with zero attached hydrogens (tertiary/aromatic N) is 2. The van der Waals surface area contributed by atoms with Crippen LogP contribution in [0.25, 0.3) is 10.9 Å². The van der Waals surface area contributed by atoms with Crippen LogP contribution >= 0.6 is 0 Å². The zero-order valence-electron chi connectivity index (χ0n) is 12.7. The second-order valence-electron chi connectivity index (χ2n) is 5.54. The summed E-state index contributed by atoms with van der Waals surface area (Å²) in [5.74, 6) is 0. The molecule has 3 aromatic rings. The lowest BCUT2D eigenvalue weighted by molar-refractivity contribution is 0.246. The first-order chi connectivity index (χ1) is 10.6. The Hall–Kier alpha value is -2.46. The minimum absolute atomic E-state index is 0.125. The van der Waals surface area contributed by atoms with Crippen molar-refractivity contribution in [1.82, 2.24) is 9.55 Å². The van der Waals surface area contributed by atoms with Gasteiger partial charge in [-0.1, -0.05) is 36.4 Å². The van der Waals surface area contributed by atoms with Gasteiger partial charge in [-0.15, -0.1) is 0 Å². The van der Waals surface area contributed by atoms with Gasteiger partial charge in [0, 0.05) is 0 Å². The van der Waals surface area contributed by atoms with E-state index >= 15 is 0 Å². The Labute approximate surface area is 128 Å². The van der Waals surface area contributed by atoms with Crippen molar-refractivity contribution < 1.29 is 5.11 Å². The molecule has 0 spiro atoms. The standard InChI is InChI=1S/C18H18N2O2/c1-12-8-13(2)17-15(9-12)18(22)20(11-19-17)16(10-21)14-6-4-3-5-7-14/h3-9,11,16,21H,10H2,1-2H3. The summed E-state index contributed by atoms with van der Waals surface area (Å²) in [5, 5.41) is 10.3. The third-order valence-electron chi connectivity index (χ3n) is 3.91. The lowest BCUT2D eigenvalue weighted by atomic mass is 10.1. The normalized spacial score (nSPS) is 12.5. The Morgan fingerprint density at radius 2 is 1.91 bits per heavy atom. The molecule has 1 aromatic heterocycles. The van der Waals surface area contributed by atoms with Crippen molar-refractivity contribution in [3.05, 3.63) is 75.8 Å². The second-order valence-corrected chi connectivity index (χ2v) is 5.54. The number of hydrogen-bond donors (Lipinski definition) is 1.